The van der Waals surface area contributed by atoms with Crippen molar-refractivity contribution in [3.63, 3.8) is 0 Å². The van der Waals surface area contributed by atoms with Crippen molar-refractivity contribution >= 4 is 23.2 Å². The van der Waals surface area contributed by atoms with Gasteiger partial charge in [0.15, 0.2) is 0 Å². The number of nitrogens with zero attached hydrogens (tertiary/aromatic N) is 2. The minimum absolute atomic E-state index is 0.0373. The molecule has 0 radical (unpaired) electrons. The van der Waals surface area contributed by atoms with Crippen LogP contribution in [0.5, 0.6) is 0 Å². The second-order valence-electron chi connectivity index (χ2n) is 6.62. The summed E-state index contributed by atoms with van der Waals surface area (Å²) in [7, 11) is 3.39. The molecule has 3 rings (SSSR count). The number of rotatable bonds is 6. The normalized spacial score (nSPS) is 10.5. The summed E-state index contributed by atoms with van der Waals surface area (Å²) in [5.41, 5.74) is 3.52. The van der Waals surface area contributed by atoms with Crippen LogP contribution in [0, 0.1) is 6.92 Å². The van der Waals surface area contributed by atoms with Gasteiger partial charge in [0.25, 0.3) is 11.8 Å². The maximum Gasteiger partial charge on any atom is 0.265 e. The number of hydrogen-bond donors (Lipinski definition) is 1. The Labute approximate surface area is 169 Å². The fourth-order valence-electron chi connectivity index (χ4n) is 2.92. The van der Waals surface area contributed by atoms with Crippen molar-refractivity contribution in [2.45, 2.75) is 19.9 Å². The highest BCUT2D eigenvalue weighted by atomic mass is 32.1. The predicted molar refractivity (Wildman–Crippen MR) is 112 cm³/mol. The number of amides is 2. The molecule has 144 valence electrons. The highest BCUT2D eigenvalue weighted by Gasteiger charge is 2.19. The molecule has 2 aromatic carbocycles. The molecule has 0 saturated heterocycles. The van der Waals surface area contributed by atoms with E-state index in [-0.39, 0.29) is 11.8 Å². The molecule has 0 aliphatic carbocycles. The van der Waals surface area contributed by atoms with E-state index in [1.807, 2.05) is 37.3 Å². The lowest BCUT2D eigenvalue weighted by Gasteiger charge is -2.16. The van der Waals surface area contributed by atoms with Gasteiger partial charge in [-0.1, -0.05) is 42.5 Å². The van der Waals surface area contributed by atoms with Crippen molar-refractivity contribution in [1.29, 1.82) is 0 Å². The zero-order valence-corrected chi connectivity index (χ0v) is 17.0. The first kappa shape index (κ1) is 19.8. The molecule has 0 spiro atoms. The quantitative estimate of drug-likeness (QED) is 0.695. The fraction of sp³-hybridized carbons (Fsp3) is 0.227. The highest BCUT2D eigenvalue weighted by molar-refractivity contribution is 7.13. The highest BCUT2D eigenvalue weighted by Crippen LogP contribution is 2.23. The first-order valence-corrected chi connectivity index (χ1v) is 9.86. The Morgan fingerprint density at radius 3 is 2.36 bits per heavy atom. The zero-order chi connectivity index (χ0) is 20.1. The van der Waals surface area contributed by atoms with Crippen LogP contribution < -0.4 is 5.32 Å². The summed E-state index contributed by atoms with van der Waals surface area (Å²) >= 11 is 1.46. The Morgan fingerprint density at radius 2 is 1.71 bits per heavy atom. The number of aryl methyl sites for hydroxylation is 1. The molecule has 6 heteroatoms. The van der Waals surface area contributed by atoms with Gasteiger partial charge in [-0.25, -0.2) is 4.98 Å². The van der Waals surface area contributed by atoms with Gasteiger partial charge in [-0.15, -0.1) is 11.3 Å². The van der Waals surface area contributed by atoms with E-state index in [9.17, 15) is 9.59 Å². The van der Waals surface area contributed by atoms with E-state index in [2.05, 4.69) is 22.4 Å². The number of carbonyl (C=O) groups excluding carboxylic acids is 2. The fourth-order valence-corrected chi connectivity index (χ4v) is 4.02. The van der Waals surface area contributed by atoms with Crippen LogP contribution in [0.2, 0.25) is 0 Å². The van der Waals surface area contributed by atoms with Crippen LogP contribution in [0.3, 0.4) is 0 Å². The van der Waals surface area contributed by atoms with Crippen LogP contribution in [0.25, 0.3) is 0 Å². The zero-order valence-electron chi connectivity index (χ0n) is 16.2. The van der Waals surface area contributed by atoms with Crippen molar-refractivity contribution in [3.8, 4) is 0 Å². The average molecular weight is 394 g/mol. The number of aromatic nitrogens is 1. The molecule has 28 heavy (non-hydrogen) atoms. The Morgan fingerprint density at radius 1 is 1.04 bits per heavy atom. The molecule has 0 aliphatic heterocycles. The maximum atomic E-state index is 12.9. The third-order valence-electron chi connectivity index (χ3n) is 4.44. The molecular weight excluding hydrogens is 370 g/mol. The lowest BCUT2D eigenvalue weighted by atomic mass is 10.1. The van der Waals surface area contributed by atoms with E-state index in [0.29, 0.717) is 17.0 Å². The van der Waals surface area contributed by atoms with Crippen LogP contribution in [-0.4, -0.2) is 35.8 Å². The molecule has 0 unspecified atom stereocenters. The molecule has 1 heterocycles. The maximum absolute atomic E-state index is 12.9. The number of carbonyl (C=O) groups is 2. The van der Waals surface area contributed by atoms with Gasteiger partial charge in [0.2, 0.25) is 0 Å². The molecule has 1 aromatic heterocycles. The summed E-state index contributed by atoms with van der Waals surface area (Å²) in [5.74, 6) is -0.160. The van der Waals surface area contributed by atoms with Crippen LogP contribution in [0.1, 0.15) is 41.9 Å². The summed E-state index contributed by atoms with van der Waals surface area (Å²) in [4.78, 5) is 31.5. The molecule has 0 saturated carbocycles. The minimum atomic E-state index is -0.123. The van der Waals surface area contributed by atoms with E-state index in [4.69, 9.17) is 0 Å². The number of thiazole rings is 1. The summed E-state index contributed by atoms with van der Waals surface area (Å²) < 4.78 is 0. The summed E-state index contributed by atoms with van der Waals surface area (Å²) in [6.45, 7) is 2.35. The number of nitrogens with one attached hydrogen (secondary N) is 1. The second-order valence-corrected chi connectivity index (χ2v) is 7.71. The first-order valence-electron chi connectivity index (χ1n) is 9.04. The van der Waals surface area contributed by atoms with E-state index in [0.717, 1.165) is 22.7 Å². The number of benzene rings is 2. The lowest BCUT2D eigenvalue weighted by molar-refractivity contribution is 0.0788. The van der Waals surface area contributed by atoms with Gasteiger partial charge in [0, 0.05) is 32.6 Å². The SMILES string of the molecule is CNC(=O)c1ccc(CN(C)C(=O)c2sc(Cc3ccccc3)nc2C)cc1. The standard InChI is InChI=1S/C22H23N3O2S/c1-15-20(28-19(24-15)13-16-7-5-4-6-8-16)22(27)25(3)14-17-9-11-18(12-10-17)21(26)23-2/h4-12H,13-14H2,1-3H3,(H,23,26). The Hall–Kier alpha value is -2.99. The molecular formula is C22H23N3O2S. The van der Waals surface area contributed by atoms with Crippen molar-refractivity contribution in [2.75, 3.05) is 14.1 Å². The van der Waals surface area contributed by atoms with E-state index in [1.165, 1.54) is 16.9 Å². The van der Waals surface area contributed by atoms with E-state index in [1.54, 1.807) is 31.1 Å². The largest absolute Gasteiger partial charge is 0.355 e. The van der Waals surface area contributed by atoms with Gasteiger partial charge in [-0.05, 0) is 30.2 Å². The average Bonchev–Trinajstić information content (AvgIpc) is 3.08. The van der Waals surface area contributed by atoms with Gasteiger partial charge in [0.1, 0.15) is 4.88 Å². The Kier molecular flexibility index (Phi) is 6.21. The minimum Gasteiger partial charge on any atom is -0.355 e. The van der Waals surface area contributed by atoms with Crippen molar-refractivity contribution in [1.82, 2.24) is 15.2 Å². The topological polar surface area (TPSA) is 62.3 Å². The van der Waals surface area contributed by atoms with Crippen molar-refractivity contribution in [2.24, 2.45) is 0 Å². The van der Waals surface area contributed by atoms with E-state index < -0.39 is 0 Å². The predicted octanol–water partition coefficient (Wildman–Crippen LogP) is 3.67. The third kappa shape index (κ3) is 4.64. The molecule has 0 bridgehead atoms. The van der Waals surface area contributed by atoms with Gasteiger partial charge in [0.05, 0.1) is 10.7 Å². The Balaban J connectivity index is 1.68. The first-order chi connectivity index (χ1) is 13.5. The van der Waals surface area contributed by atoms with Gasteiger partial charge in [-0.3, -0.25) is 9.59 Å². The molecule has 3 aromatic rings. The van der Waals surface area contributed by atoms with Gasteiger partial charge >= 0.3 is 0 Å². The Bertz CT molecular complexity index is 965. The van der Waals surface area contributed by atoms with Crippen LogP contribution >= 0.6 is 11.3 Å². The van der Waals surface area contributed by atoms with Crippen molar-refractivity contribution < 1.29 is 9.59 Å². The summed E-state index contributed by atoms with van der Waals surface area (Å²) in [6.07, 6.45) is 0.726. The molecule has 2 amide bonds. The van der Waals surface area contributed by atoms with Crippen LogP contribution in [-0.2, 0) is 13.0 Å². The lowest BCUT2D eigenvalue weighted by Crippen LogP contribution is -2.26. The van der Waals surface area contributed by atoms with Gasteiger partial charge < -0.3 is 10.2 Å². The molecule has 5 nitrogen and oxygen atoms in total. The van der Waals surface area contributed by atoms with E-state index >= 15 is 0 Å². The summed E-state index contributed by atoms with van der Waals surface area (Å²) in [6, 6.07) is 17.4. The third-order valence-corrected chi connectivity index (χ3v) is 5.59. The molecule has 1 N–H and O–H groups in total. The molecule has 0 fully saturated rings. The summed E-state index contributed by atoms with van der Waals surface area (Å²) in [5, 5.41) is 3.54. The van der Waals surface area contributed by atoms with Crippen LogP contribution in [0.4, 0.5) is 0 Å². The van der Waals surface area contributed by atoms with Gasteiger partial charge in [-0.2, -0.15) is 0 Å². The smallest absolute Gasteiger partial charge is 0.265 e. The second kappa shape index (κ2) is 8.80. The van der Waals surface area contributed by atoms with Crippen LogP contribution in [0.15, 0.2) is 54.6 Å². The molecule has 0 atom stereocenters. The number of hydrogen-bond acceptors (Lipinski definition) is 4. The van der Waals surface area contributed by atoms with Crippen molar-refractivity contribution in [3.05, 3.63) is 86.9 Å². The monoisotopic (exact) mass is 393 g/mol. The molecule has 0 aliphatic rings.